The standard InChI is InChI=1S/C25H24N6S/c1-17-15-20(18(2)31(17)22-11-5-8-14-28-22)24-23(21-10-4-7-13-27-21)29-25(32)30(24)16-19-9-3-6-12-26-19/h3-15,23-24H,16H2,1-2H3,(H,29,32)/t23-,24+/m0/s1. The Balaban J connectivity index is 1.62. The van der Waals surface area contributed by atoms with Gasteiger partial charge in [-0.3, -0.25) is 9.97 Å². The lowest BCUT2D eigenvalue weighted by Gasteiger charge is -2.28. The van der Waals surface area contributed by atoms with Crippen molar-refractivity contribution in [2.75, 3.05) is 0 Å². The quantitative estimate of drug-likeness (QED) is 0.463. The van der Waals surface area contributed by atoms with Gasteiger partial charge in [0.1, 0.15) is 5.82 Å². The molecular formula is C25H24N6S. The lowest BCUT2D eigenvalue weighted by atomic mass is 9.96. The van der Waals surface area contributed by atoms with Crippen LogP contribution in [-0.4, -0.2) is 29.5 Å². The van der Waals surface area contributed by atoms with E-state index < -0.39 is 0 Å². The molecule has 4 aromatic rings. The third-order valence-electron chi connectivity index (χ3n) is 5.92. The summed E-state index contributed by atoms with van der Waals surface area (Å²) in [7, 11) is 0. The minimum Gasteiger partial charge on any atom is -0.352 e. The fourth-order valence-electron chi connectivity index (χ4n) is 4.51. The average Bonchev–Trinajstić information content (AvgIpc) is 3.30. The van der Waals surface area contributed by atoms with E-state index in [4.69, 9.17) is 12.2 Å². The number of hydrogen-bond donors (Lipinski definition) is 1. The molecule has 0 aromatic carbocycles. The highest BCUT2D eigenvalue weighted by Crippen LogP contribution is 2.41. The van der Waals surface area contributed by atoms with Gasteiger partial charge in [-0.1, -0.05) is 18.2 Å². The van der Waals surface area contributed by atoms with Crippen LogP contribution in [0.15, 0.2) is 79.3 Å². The van der Waals surface area contributed by atoms with E-state index in [0.717, 1.165) is 28.6 Å². The van der Waals surface area contributed by atoms with E-state index in [9.17, 15) is 0 Å². The van der Waals surface area contributed by atoms with Crippen molar-refractivity contribution in [3.8, 4) is 5.82 Å². The van der Waals surface area contributed by atoms with E-state index in [-0.39, 0.29) is 12.1 Å². The summed E-state index contributed by atoms with van der Waals surface area (Å²) in [6.45, 7) is 4.88. The summed E-state index contributed by atoms with van der Waals surface area (Å²) in [6.07, 6.45) is 5.47. The molecule has 1 N–H and O–H groups in total. The number of nitrogens with zero attached hydrogens (tertiary/aromatic N) is 5. The minimum absolute atomic E-state index is 0.0249. The van der Waals surface area contributed by atoms with Crippen molar-refractivity contribution in [1.82, 2.24) is 29.7 Å². The predicted molar refractivity (Wildman–Crippen MR) is 128 cm³/mol. The van der Waals surface area contributed by atoms with Crippen LogP contribution in [-0.2, 0) is 6.54 Å². The van der Waals surface area contributed by atoms with E-state index in [1.54, 1.807) is 0 Å². The summed E-state index contributed by atoms with van der Waals surface area (Å²) in [5.74, 6) is 0.910. The Labute approximate surface area is 193 Å². The van der Waals surface area contributed by atoms with Crippen molar-refractivity contribution >= 4 is 17.3 Å². The van der Waals surface area contributed by atoms with Crippen molar-refractivity contribution in [3.05, 3.63) is 108 Å². The Bertz CT molecular complexity index is 1220. The fraction of sp³-hybridized carbons (Fsp3) is 0.200. The molecule has 6 nitrogen and oxygen atoms in total. The van der Waals surface area contributed by atoms with Gasteiger partial charge in [0.05, 0.1) is 30.0 Å². The van der Waals surface area contributed by atoms with E-state index in [1.165, 1.54) is 5.56 Å². The Morgan fingerprint density at radius 1 is 0.906 bits per heavy atom. The van der Waals surface area contributed by atoms with Crippen LogP contribution < -0.4 is 5.32 Å². The molecule has 0 saturated carbocycles. The number of nitrogens with one attached hydrogen (secondary N) is 1. The maximum absolute atomic E-state index is 5.81. The summed E-state index contributed by atoms with van der Waals surface area (Å²) < 4.78 is 2.20. The third-order valence-corrected chi connectivity index (χ3v) is 6.28. The first-order valence-electron chi connectivity index (χ1n) is 10.6. The number of hydrogen-bond acceptors (Lipinski definition) is 4. The second-order valence-corrected chi connectivity index (χ2v) is 8.31. The van der Waals surface area contributed by atoms with Crippen LogP contribution in [0, 0.1) is 13.8 Å². The van der Waals surface area contributed by atoms with Crippen molar-refractivity contribution < 1.29 is 0 Å². The molecule has 1 aliphatic heterocycles. The van der Waals surface area contributed by atoms with Crippen molar-refractivity contribution in [2.24, 2.45) is 0 Å². The maximum Gasteiger partial charge on any atom is 0.170 e. The fourth-order valence-corrected chi connectivity index (χ4v) is 4.81. The molecule has 0 bridgehead atoms. The van der Waals surface area contributed by atoms with E-state index in [1.807, 2.05) is 67.1 Å². The molecule has 160 valence electrons. The Kier molecular flexibility index (Phi) is 5.41. The second kappa shape index (κ2) is 8.51. The molecule has 1 fully saturated rings. The van der Waals surface area contributed by atoms with Gasteiger partial charge in [0.15, 0.2) is 5.11 Å². The zero-order valence-electron chi connectivity index (χ0n) is 18.0. The lowest BCUT2D eigenvalue weighted by molar-refractivity contribution is 0.307. The van der Waals surface area contributed by atoms with E-state index >= 15 is 0 Å². The molecule has 0 amide bonds. The second-order valence-electron chi connectivity index (χ2n) is 7.93. The van der Waals surface area contributed by atoms with Gasteiger partial charge in [-0.15, -0.1) is 0 Å². The molecule has 5 rings (SSSR count). The normalized spacial score (nSPS) is 18.1. The summed E-state index contributed by atoms with van der Waals surface area (Å²) in [6, 6.07) is 20.1. The Hall–Kier alpha value is -3.58. The van der Waals surface area contributed by atoms with Gasteiger partial charge in [0.25, 0.3) is 0 Å². The Morgan fingerprint density at radius 3 is 2.28 bits per heavy atom. The van der Waals surface area contributed by atoms with Crippen LogP contribution in [0.3, 0.4) is 0 Å². The van der Waals surface area contributed by atoms with Crippen LogP contribution in [0.4, 0.5) is 0 Å². The monoisotopic (exact) mass is 440 g/mol. The van der Waals surface area contributed by atoms with Crippen LogP contribution in [0.2, 0.25) is 0 Å². The number of aryl methyl sites for hydroxylation is 1. The molecule has 4 aromatic heterocycles. The highest BCUT2D eigenvalue weighted by atomic mass is 32.1. The van der Waals surface area contributed by atoms with Crippen molar-refractivity contribution in [3.63, 3.8) is 0 Å². The van der Waals surface area contributed by atoms with Crippen molar-refractivity contribution in [1.29, 1.82) is 0 Å². The first-order valence-corrected chi connectivity index (χ1v) is 11.0. The number of pyridine rings is 3. The molecule has 0 unspecified atom stereocenters. The summed E-state index contributed by atoms with van der Waals surface area (Å²) >= 11 is 5.81. The molecule has 7 heteroatoms. The van der Waals surface area contributed by atoms with Crippen LogP contribution in [0.1, 0.15) is 40.4 Å². The van der Waals surface area contributed by atoms with Crippen molar-refractivity contribution in [2.45, 2.75) is 32.5 Å². The molecular weight excluding hydrogens is 416 g/mol. The van der Waals surface area contributed by atoms with E-state index in [2.05, 4.69) is 55.7 Å². The largest absolute Gasteiger partial charge is 0.352 e. The Morgan fingerprint density at radius 2 is 1.62 bits per heavy atom. The van der Waals surface area contributed by atoms with E-state index in [0.29, 0.717) is 11.7 Å². The summed E-state index contributed by atoms with van der Waals surface area (Å²) in [5, 5.41) is 4.23. The number of rotatable bonds is 5. The summed E-state index contributed by atoms with van der Waals surface area (Å²) in [4.78, 5) is 16.0. The topological polar surface area (TPSA) is 58.9 Å². The van der Waals surface area contributed by atoms with Crippen LogP contribution in [0.5, 0.6) is 0 Å². The minimum atomic E-state index is -0.0647. The molecule has 2 atom stereocenters. The van der Waals surface area contributed by atoms with Gasteiger partial charge in [0, 0.05) is 30.0 Å². The number of aromatic nitrogens is 4. The molecule has 0 spiro atoms. The highest BCUT2D eigenvalue weighted by molar-refractivity contribution is 7.80. The van der Waals surface area contributed by atoms with Gasteiger partial charge in [-0.05, 0) is 74.1 Å². The van der Waals surface area contributed by atoms with Gasteiger partial charge >= 0.3 is 0 Å². The highest BCUT2D eigenvalue weighted by Gasteiger charge is 2.41. The van der Waals surface area contributed by atoms with Crippen LogP contribution in [0.25, 0.3) is 5.82 Å². The SMILES string of the molecule is Cc1cc([C@@H]2[C@H](c3ccccn3)NC(=S)N2Cc2ccccn2)c(C)n1-c1ccccn1. The number of thiocarbonyl (C=S) groups is 1. The lowest BCUT2D eigenvalue weighted by Crippen LogP contribution is -2.29. The van der Waals surface area contributed by atoms with Gasteiger partial charge in [0.2, 0.25) is 0 Å². The molecule has 5 heterocycles. The van der Waals surface area contributed by atoms with Crippen LogP contribution >= 0.6 is 12.2 Å². The first-order chi connectivity index (χ1) is 15.6. The zero-order chi connectivity index (χ0) is 22.1. The maximum atomic E-state index is 5.81. The van der Waals surface area contributed by atoms with Gasteiger partial charge < -0.3 is 14.8 Å². The average molecular weight is 441 g/mol. The zero-order valence-corrected chi connectivity index (χ0v) is 18.8. The third kappa shape index (κ3) is 3.65. The van der Waals surface area contributed by atoms with Gasteiger partial charge in [-0.2, -0.15) is 0 Å². The molecule has 32 heavy (non-hydrogen) atoms. The molecule has 1 aliphatic rings. The molecule has 1 saturated heterocycles. The van der Waals surface area contributed by atoms with Gasteiger partial charge in [-0.25, -0.2) is 4.98 Å². The summed E-state index contributed by atoms with van der Waals surface area (Å²) in [5.41, 5.74) is 5.41. The first kappa shape index (κ1) is 20.3. The molecule has 0 radical (unpaired) electrons. The predicted octanol–water partition coefficient (Wildman–Crippen LogP) is 4.45. The molecule has 0 aliphatic carbocycles. The smallest absolute Gasteiger partial charge is 0.170 e.